The van der Waals surface area contributed by atoms with Crippen molar-refractivity contribution >= 4 is 5.97 Å². The molecule has 1 rings (SSSR count). The molecule has 0 N–H and O–H groups in total. The molecule has 0 aromatic heterocycles. The summed E-state index contributed by atoms with van der Waals surface area (Å²) in [6, 6.07) is 0. The molecule has 1 heterocycles. The van der Waals surface area contributed by atoms with Gasteiger partial charge in [-0.05, 0) is 19.3 Å². The van der Waals surface area contributed by atoms with Crippen LogP contribution in [0.3, 0.4) is 0 Å². The SMILES string of the molecule is COCCCN(CCC(=O)OC)CC1CCCO1. The molecule has 0 radical (unpaired) electrons. The number of ether oxygens (including phenoxy) is 3. The molecule has 1 fully saturated rings. The van der Waals surface area contributed by atoms with Gasteiger partial charge in [0.1, 0.15) is 0 Å². The van der Waals surface area contributed by atoms with Gasteiger partial charge in [-0.1, -0.05) is 0 Å². The second kappa shape index (κ2) is 9.30. The lowest BCUT2D eigenvalue weighted by Gasteiger charge is -2.24. The van der Waals surface area contributed by atoms with Crippen molar-refractivity contribution in [3.05, 3.63) is 0 Å². The van der Waals surface area contributed by atoms with E-state index >= 15 is 0 Å². The van der Waals surface area contributed by atoms with Gasteiger partial charge < -0.3 is 19.1 Å². The fraction of sp³-hybridized carbons (Fsp3) is 0.923. The number of carbonyl (C=O) groups is 1. The molecule has 0 amide bonds. The van der Waals surface area contributed by atoms with Gasteiger partial charge in [-0.25, -0.2) is 0 Å². The van der Waals surface area contributed by atoms with Crippen molar-refractivity contribution < 1.29 is 19.0 Å². The van der Waals surface area contributed by atoms with E-state index in [9.17, 15) is 4.79 Å². The van der Waals surface area contributed by atoms with Gasteiger partial charge in [-0.15, -0.1) is 0 Å². The molecule has 1 aliphatic heterocycles. The van der Waals surface area contributed by atoms with E-state index in [2.05, 4.69) is 9.64 Å². The first-order valence-corrected chi connectivity index (χ1v) is 6.66. The smallest absolute Gasteiger partial charge is 0.306 e. The Labute approximate surface area is 109 Å². The first-order valence-electron chi connectivity index (χ1n) is 6.66. The molecule has 18 heavy (non-hydrogen) atoms. The second-order valence-electron chi connectivity index (χ2n) is 4.61. The van der Waals surface area contributed by atoms with E-state index in [1.807, 2.05) is 0 Å². The zero-order valence-corrected chi connectivity index (χ0v) is 11.5. The van der Waals surface area contributed by atoms with Crippen LogP contribution in [0.5, 0.6) is 0 Å². The Morgan fingerprint density at radius 3 is 2.83 bits per heavy atom. The van der Waals surface area contributed by atoms with Crippen molar-refractivity contribution in [3.8, 4) is 0 Å². The predicted molar refractivity (Wildman–Crippen MR) is 68.5 cm³/mol. The fourth-order valence-corrected chi connectivity index (χ4v) is 2.15. The lowest BCUT2D eigenvalue weighted by atomic mass is 10.2. The Balaban J connectivity index is 2.27. The van der Waals surface area contributed by atoms with Gasteiger partial charge in [0.15, 0.2) is 0 Å². The minimum atomic E-state index is -0.154. The third-order valence-corrected chi connectivity index (χ3v) is 3.17. The summed E-state index contributed by atoms with van der Waals surface area (Å²) in [6.45, 7) is 4.19. The number of rotatable bonds is 9. The highest BCUT2D eigenvalue weighted by Crippen LogP contribution is 2.13. The first kappa shape index (κ1) is 15.4. The van der Waals surface area contributed by atoms with Crippen LogP contribution in [-0.4, -0.2) is 64.0 Å². The van der Waals surface area contributed by atoms with Crippen LogP contribution >= 0.6 is 0 Å². The van der Waals surface area contributed by atoms with E-state index in [-0.39, 0.29) is 5.97 Å². The maximum atomic E-state index is 11.2. The third kappa shape index (κ3) is 6.33. The molecular formula is C13H25NO4. The van der Waals surface area contributed by atoms with Crippen molar-refractivity contribution in [2.45, 2.75) is 31.8 Å². The van der Waals surface area contributed by atoms with Crippen LogP contribution in [-0.2, 0) is 19.0 Å². The van der Waals surface area contributed by atoms with E-state index in [0.29, 0.717) is 12.5 Å². The Bertz CT molecular complexity index is 229. The average Bonchev–Trinajstić information content (AvgIpc) is 2.88. The first-order chi connectivity index (χ1) is 8.76. The molecule has 1 saturated heterocycles. The summed E-state index contributed by atoms with van der Waals surface area (Å²) in [5, 5.41) is 0. The van der Waals surface area contributed by atoms with Crippen molar-refractivity contribution in [2.75, 3.05) is 47.1 Å². The molecule has 0 spiro atoms. The molecule has 106 valence electrons. The van der Waals surface area contributed by atoms with Crippen molar-refractivity contribution in [1.82, 2.24) is 4.90 Å². The zero-order chi connectivity index (χ0) is 13.2. The van der Waals surface area contributed by atoms with Crippen LogP contribution in [0.15, 0.2) is 0 Å². The Morgan fingerprint density at radius 1 is 1.39 bits per heavy atom. The van der Waals surface area contributed by atoms with Gasteiger partial charge in [-0.3, -0.25) is 4.79 Å². The number of nitrogens with zero attached hydrogens (tertiary/aromatic N) is 1. The number of hydrogen-bond donors (Lipinski definition) is 0. The number of hydrogen-bond acceptors (Lipinski definition) is 5. The minimum absolute atomic E-state index is 0.154. The van der Waals surface area contributed by atoms with E-state index in [0.717, 1.165) is 52.1 Å². The van der Waals surface area contributed by atoms with Gasteiger partial charge in [0.25, 0.3) is 0 Å². The highest BCUT2D eigenvalue weighted by molar-refractivity contribution is 5.69. The van der Waals surface area contributed by atoms with Crippen LogP contribution in [0.4, 0.5) is 0 Å². The highest BCUT2D eigenvalue weighted by Gasteiger charge is 2.19. The molecule has 5 nitrogen and oxygen atoms in total. The van der Waals surface area contributed by atoms with E-state index < -0.39 is 0 Å². The summed E-state index contributed by atoms with van der Waals surface area (Å²) in [5.41, 5.74) is 0. The Hall–Kier alpha value is -0.650. The molecule has 0 aromatic carbocycles. The van der Waals surface area contributed by atoms with Crippen molar-refractivity contribution in [2.24, 2.45) is 0 Å². The third-order valence-electron chi connectivity index (χ3n) is 3.17. The van der Waals surface area contributed by atoms with Gasteiger partial charge >= 0.3 is 5.97 Å². The predicted octanol–water partition coefficient (Wildman–Crippen LogP) is 1.07. The van der Waals surface area contributed by atoms with Crippen molar-refractivity contribution in [3.63, 3.8) is 0 Å². The molecule has 0 aromatic rings. The summed E-state index contributed by atoms with van der Waals surface area (Å²) in [4.78, 5) is 13.4. The Morgan fingerprint density at radius 2 is 2.22 bits per heavy atom. The van der Waals surface area contributed by atoms with Gasteiger partial charge in [-0.2, -0.15) is 0 Å². The van der Waals surface area contributed by atoms with Crippen LogP contribution in [0, 0.1) is 0 Å². The van der Waals surface area contributed by atoms with Crippen LogP contribution in [0.2, 0.25) is 0 Å². The normalized spacial score (nSPS) is 19.4. The molecule has 1 aliphatic rings. The second-order valence-corrected chi connectivity index (χ2v) is 4.61. The largest absolute Gasteiger partial charge is 0.469 e. The Kier molecular flexibility index (Phi) is 7.96. The summed E-state index contributed by atoms with van der Waals surface area (Å²) < 4.78 is 15.4. The van der Waals surface area contributed by atoms with E-state index in [1.54, 1.807) is 7.11 Å². The summed E-state index contributed by atoms with van der Waals surface area (Å²) >= 11 is 0. The van der Waals surface area contributed by atoms with Gasteiger partial charge in [0.2, 0.25) is 0 Å². The highest BCUT2D eigenvalue weighted by atomic mass is 16.5. The van der Waals surface area contributed by atoms with E-state index in [1.165, 1.54) is 7.11 Å². The number of carbonyl (C=O) groups excluding carboxylic acids is 1. The maximum absolute atomic E-state index is 11.2. The molecule has 1 unspecified atom stereocenters. The standard InChI is InChI=1S/C13H25NO4/c1-16-9-4-7-14(8-6-13(15)17-2)11-12-5-3-10-18-12/h12H,3-11H2,1-2H3. The molecule has 0 bridgehead atoms. The molecule has 0 saturated carbocycles. The molecule has 5 heteroatoms. The minimum Gasteiger partial charge on any atom is -0.469 e. The maximum Gasteiger partial charge on any atom is 0.306 e. The molecular weight excluding hydrogens is 234 g/mol. The monoisotopic (exact) mass is 259 g/mol. The molecule has 1 atom stereocenters. The fourth-order valence-electron chi connectivity index (χ4n) is 2.15. The summed E-state index contributed by atoms with van der Waals surface area (Å²) in [5.74, 6) is -0.154. The summed E-state index contributed by atoms with van der Waals surface area (Å²) in [6.07, 6.45) is 4.01. The lowest BCUT2D eigenvalue weighted by Crippen LogP contribution is -2.35. The average molecular weight is 259 g/mol. The van der Waals surface area contributed by atoms with Crippen LogP contribution < -0.4 is 0 Å². The van der Waals surface area contributed by atoms with Gasteiger partial charge in [0.05, 0.1) is 19.6 Å². The van der Waals surface area contributed by atoms with Crippen LogP contribution in [0.25, 0.3) is 0 Å². The van der Waals surface area contributed by atoms with Crippen LogP contribution in [0.1, 0.15) is 25.7 Å². The number of methoxy groups -OCH3 is 2. The molecule has 0 aliphatic carbocycles. The lowest BCUT2D eigenvalue weighted by molar-refractivity contribution is -0.141. The van der Waals surface area contributed by atoms with Gasteiger partial charge in [0, 0.05) is 40.0 Å². The van der Waals surface area contributed by atoms with E-state index in [4.69, 9.17) is 9.47 Å². The summed E-state index contributed by atoms with van der Waals surface area (Å²) in [7, 11) is 3.14. The number of esters is 1. The zero-order valence-electron chi connectivity index (χ0n) is 11.5. The quantitative estimate of drug-likeness (QED) is 0.458. The topological polar surface area (TPSA) is 48.0 Å². The van der Waals surface area contributed by atoms with Crippen molar-refractivity contribution in [1.29, 1.82) is 0 Å².